The maximum atomic E-state index is 12.2. The van der Waals surface area contributed by atoms with Crippen molar-refractivity contribution in [3.8, 4) is 0 Å². The van der Waals surface area contributed by atoms with Crippen LogP contribution in [-0.4, -0.2) is 52.6 Å². The van der Waals surface area contributed by atoms with Crippen molar-refractivity contribution in [2.24, 2.45) is 0 Å². The van der Waals surface area contributed by atoms with Crippen LogP contribution in [0.15, 0.2) is 23.1 Å². The Morgan fingerprint density at radius 2 is 1.91 bits per heavy atom. The molecule has 9 heteroatoms. The summed E-state index contributed by atoms with van der Waals surface area (Å²) in [4.78, 5) is 2.50. The van der Waals surface area contributed by atoms with Crippen molar-refractivity contribution < 1.29 is 8.42 Å². The molecule has 1 aliphatic rings. The second-order valence-corrected chi connectivity index (χ2v) is 7.34. The molecule has 0 radical (unpaired) electrons. The standard InChI is InChI=1S/C14H22ClN3O2S.2ClH/c1-12-4-2-5-13(14(12)15)21(19,20)17-6-3-9-18-10-7-16-8-11-18;;/h2,4-5,16-17H,3,6-11H2,1H3;2*1H. The highest BCUT2D eigenvalue weighted by molar-refractivity contribution is 7.89. The molecule has 0 unspecified atom stereocenters. The van der Waals surface area contributed by atoms with Crippen molar-refractivity contribution in [3.05, 3.63) is 28.8 Å². The molecule has 0 bridgehead atoms. The Hall–Kier alpha value is -0.0800. The van der Waals surface area contributed by atoms with Gasteiger partial charge in [0, 0.05) is 32.7 Å². The zero-order chi connectivity index (χ0) is 15.3. The smallest absolute Gasteiger partial charge is 0.242 e. The fraction of sp³-hybridized carbons (Fsp3) is 0.571. The molecule has 0 atom stereocenters. The number of nitrogens with one attached hydrogen (secondary N) is 2. The van der Waals surface area contributed by atoms with Gasteiger partial charge >= 0.3 is 0 Å². The second kappa shape index (κ2) is 10.7. The predicted molar refractivity (Wildman–Crippen MR) is 99.8 cm³/mol. The van der Waals surface area contributed by atoms with Gasteiger partial charge in [0.05, 0.1) is 5.02 Å². The number of nitrogens with zero attached hydrogens (tertiary/aromatic N) is 1. The van der Waals surface area contributed by atoms with Crippen molar-refractivity contribution in [1.82, 2.24) is 14.9 Å². The lowest BCUT2D eigenvalue weighted by atomic mass is 10.2. The lowest BCUT2D eigenvalue weighted by molar-refractivity contribution is 0.239. The molecule has 1 saturated heterocycles. The van der Waals surface area contributed by atoms with Crippen LogP contribution < -0.4 is 10.0 Å². The van der Waals surface area contributed by atoms with Gasteiger partial charge in [-0.05, 0) is 31.5 Å². The number of rotatable bonds is 6. The van der Waals surface area contributed by atoms with E-state index in [0.717, 1.165) is 44.7 Å². The van der Waals surface area contributed by atoms with E-state index in [4.69, 9.17) is 11.6 Å². The molecule has 1 heterocycles. The van der Waals surface area contributed by atoms with Crippen molar-refractivity contribution in [2.75, 3.05) is 39.3 Å². The molecular formula is C14H24Cl3N3O2S. The van der Waals surface area contributed by atoms with Crippen LogP contribution in [0.5, 0.6) is 0 Å². The van der Waals surface area contributed by atoms with Gasteiger partial charge in [-0.25, -0.2) is 13.1 Å². The van der Waals surface area contributed by atoms with Gasteiger partial charge in [-0.2, -0.15) is 0 Å². The zero-order valence-electron chi connectivity index (χ0n) is 13.0. The first-order valence-electron chi connectivity index (χ1n) is 7.18. The van der Waals surface area contributed by atoms with Gasteiger partial charge in [-0.1, -0.05) is 23.7 Å². The average Bonchev–Trinajstić information content (AvgIpc) is 2.47. The number of aryl methyl sites for hydroxylation is 1. The summed E-state index contributed by atoms with van der Waals surface area (Å²) in [7, 11) is -3.53. The quantitative estimate of drug-likeness (QED) is 0.713. The SMILES string of the molecule is Cc1cccc(S(=O)(=O)NCCCN2CCNCC2)c1Cl.Cl.Cl. The highest BCUT2D eigenvalue weighted by atomic mass is 35.5. The van der Waals surface area contributed by atoms with E-state index < -0.39 is 10.0 Å². The molecule has 23 heavy (non-hydrogen) atoms. The largest absolute Gasteiger partial charge is 0.314 e. The minimum Gasteiger partial charge on any atom is -0.314 e. The maximum Gasteiger partial charge on any atom is 0.242 e. The topological polar surface area (TPSA) is 61.4 Å². The normalized spacial score (nSPS) is 15.6. The van der Waals surface area contributed by atoms with Gasteiger partial charge in [0.1, 0.15) is 4.90 Å². The molecule has 134 valence electrons. The summed E-state index contributed by atoms with van der Waals surface area (Å²) in [6.45, 7) is 7.19. The average molecular weight is 405 g/mol. The number of hydrogen-bond donors (Lipinski definition) is 2. The fourth-order valence-electron chi connectivity index (χ4n) is 2.35. The number of halogens is 3. The number of benzene rings is 1. The fourth-order valence-corrected chi connectivity index (χ4v) is 4.00. The van der Waals surface area contributed by atoms with E-state index in [1.54, 1.807) is 19.1 Å². The van der Waals surface area contributed by atoms with Gasteiger partial charge in [0.15, 0.2) is 0 Å². The molecule has 0 aliphatic carbocycles. The van der Waals surface area contributed by atoms with E-state index in [2.05, 4.69) is 14.9 Å². The minimum absolute atomic E-state index is 0. The Kier molecular flexibility index (Phi) is 10.7. The molecule has 5 nitrogen and oxygen atoms in total. The summed E-state index contributed by atoms with van der Waals surface area (Å²) in [6, 6.07) is 5.04. The Bertz CT molecular complexity index is 579. The van der Waals surface area contributed by atoms with Crippen LogP contribution in [-0.2, 0) is 10.0 Å². The van der Waals surface area contributed by atoms with E-state index in [1.165, 1.54) is 6.07 Å². The highest BCUT2D eigenvalue weighted by Crippen LogP contribution is 2.24. The van der Waals surface area contributed by atoms with E-state index in [0.29, 0.717) is 11.6 Å². The van der Waals surface area contributed by atoms with E-state index in [1.807, 2.05) is 0 Å². The van der Waals surface area contributed by atoms with Crippen LogP contribution in [0.2, 0.25) is 5.02 Å². The predicted octanol–water partition coefficient (Wildman–Crippen LogP) is 2.07. The Morgan fingerprint density at radius 1 is 1.26 bits per heavy atom. The lowest BCUT2D eigenvalue weighted by Gasteiger charge is -2.27. The second-order valence-electron chi connectivity index (χ2n) is 5.23. The van der Waals surface area contributed by atoms with Gasteiger partial charge in [-0.3, -0.25) is 0 Å². The molecule has 2 N–H and O–H groups in total. The van der Waals surface area contributed by atoms with Crippen LogP contribution >= 0.6 is 36.4 Å². The van der Waals surface area contributed by atoms with Crippen molar-refractivity contribution in [1.29, 1.82) is 0 Å². The maximum absolute atomic E-state index is 12.2. The van der Waals surface area contributed by atoms with Crippen LogP contribution in [0, 0.1) is 6.92 Å². The molecule has 0 amide bonds. The number of sulfonamides is 1. The first kappa shape index (κ1) is 22.9. The third-order valence-electron chi connectivity index (χ3n) is 3.60. The Labute approximate surface area is 156 Å². The summed E-state index contributed by atoms with van der Waals surface area (Å²) in [5, 5.41) is 3.59. The molecule has 2 rings (SSSR count). The van der Waals surface area contributed by atoms with Crippen molar-refractivity contribution >= 4 is 46.4 Å². The molecule has 0 aromatic heterocycles. The van der Waals surface area contributed by atoms with E-state index in [9.17, 15) is 8.42 Å². The van der Waals surface area contributed by atoms with Crippen LogP contribution in [0.1, 0.15) is 12.0 Å². The first-order chi connectivity index (χ1) is 10.0. The zero-order valence-corrected chi connectivity index (χ0v) is 16.3. The summed E-state index contributed by atoms with van der Waals surface area (Å²) >= 11 is 6.08. The molecule has 1 fully saturated rings. The first-order valence-corrected chi connectivity index (χ1v) is 9.05. The lowest BCUT2D eigenvalue weighted by Crippen LogP contribution is -2.44. The van der Waals surface area contributed by atoms with Gasteiger partial charge in [0.2, 0.25) is 10.0 Å². The molecule has 1 aromatic carbocycles. The van der Waals surface area contributed by atoms with Crippen molar-refractivity contribution in [3.63, 3.8) is 0 Å². The molecule has 1 aromatic rings. The number of hydrogen-bond acceptors (Lipinski definition) is 4. The summed E-state index contributed by atoms with van der Waals surface area (Å²) in [6.07, 6.45) is 0.794. The molecule has 1 aliphatic heterocycles. The van der Waals surface area contributed by atoms with Crippen LogP contribution in [0.3, 0.4) is 0 Å². The van der Waals surface area contributed by atoms with Gasteiger partial charge in [0.25, 0.3) is 0 Å². The molecular weight excluding hydrogens is 381 g/mol. The summed E-state index contributed by atoms with van der Waals surface area (Å²) < 4.78 is 27.1. The minimum atomic E-state index is -3.53. The van der Waals surface area contributed by atoms with E-state index in [-0.39, 0.29) is 29.7 Å². The summed E-state index contributed by atoms with van der Waals surface area (Å²) in [5.74, 6) is 0. The van der Waals surface area contributed by atoms with Crippen LogP contribution in [0.4, 0.5) is 0 Å². The third kappa shape index (κ3) is 6.74. The van der Waals surface area contributed by atoms with E-state index >= 15 is 0 Å². The Balaban J connectivity index is 0.00000242. The van der Waals surface area contributed by atoms with Gasteiger partial charge in [-0.15, -0.1) is 24.8 Å². The Morgan fingerprint density at radius 3 is 2.57 bits per heavy atom. The monoisotopic (exact) mass is 403 g/mol. The molecule has 0 saturated carbocycles. The summed E-state index contributed by atoms with van der Waals surface area (Å²) in [5.41, 5.74) is 0.764. The van der Waals surface area contributed by atoms with Crippen LogP contribution in [0.25, 0.3) is 0 Å². The molecule has 0 spiro atoms. The highest BCUT2D eigenvalue weighted by Gasteiger charge is 2.18. The van der Waals surface area contributed by atoms with Crippen molar-refractivity contribution in [2.45, 2.75) is 18.2 Å². The number of piperazine rings is 1. The van der Waals surface area contributed by atoms with Gasteiger partial charge < -0.3 is 10.2 Å². The third-order valence-corrected chi connectivity index (χ3v) is 5.72.